The van der Waals surface area contributed by atoms with Crippen molar-refractivity contribution in [3.05, 3.63) is 59.7 Å². The number of hydrogen-bond donors (Lipinski definition) is 0. The first kappa shape index (κ1) is 15.9. The molecule has 4 nitrogen and oxygen atoms in total. The molecule has 0 unspecified atom stereocenters. The van der Waals surface area contributed by atoms with Crippen LogP contribution in [0.5, 0.6) is 11.5 Å². The highest BCUT2D eigenvalue weighted by atomic mass is 16.5. The topological polar surface area (TPSA) is 44.8 Å². The van der Waals surface area contributed by atoms with Gasteiger partial charge in [-0.15, -0.1) is 0 Å². The number of carbonyl (C=O) groups is 1. The number of carbonyl (C=O) groups excluding carboxylic acids is 1. The average Bonchev–Trinajstić information content (AvgIpc) is 2.55. The molecule has 2 rings (SSSR count). The first-order valence-electron chi connectivity index (χ1n) is 7.34. The van der Waals surface area contributed by atoms with Gasteiger partial charge < -0.3 is 14.2 Å². The van der Waals surface area contributed by atoms with Crippen LogP contribution in [0.3, 0.4) is 0 Å². The minimum Gasteiger partial charge on any atom is -0.494 e. The number of rotatable bonds is 7. The van der Waals surface area contributed by atoms with E-state index >= 15 is 0 Å². The minimum absolute atomic E-state index is 0.304. The zero-order valence-corrected chi connectivity index (χ0v) is 12.9. The fraction of sp³-hybridized carbons (Fsp3) is 0.278. The average molecular weight is 300 g/mol. The molecule has 2 aromatic rings. The van der Waals surface area contributed by atoms with Gasteiger partial charge in [0.1, 0.15) is 18.1 Å². The molecule has 4 heteroatoms. The second-order valence-electron chi connectivity index (χ2n) is 4.61. The molecule has 0 aliphatic heterocycles. The lowest BCUT2D eigenvalue weighted by molar-refractivity contribution is 0.0526. The van der Waals surface area contributed by atoms with E-state index in [1.165, 1.54) is 0 Å². The van der Waals surface area contributed by atoms with Crippen molar-refractivity contribution in [2.75, 3.05) is 13.2 Å². The van der Waals surface area contributed by atoms with Crippen LogP contribution in [-0.4, -0.2) is 19.2 Å². The van der Waals surface area contributed by atoms with Crippen LogP contribution in [0.25, 0.3) is 0 Å². The van der Waals surface area contributed by atoms with Gasteiger partial charge in [0.05, 0.1) is 18.8 Å². The van der Waals surface area contributed by atoms with Crippen LogP contribution < -0.4 is 9.47 Å². The lowest BCUT2D eigenvalue weighted by atomic mass is 10.1. The Morgan fingerprint density at radius 1 is 0.818 bits per heavy atom. The number of ether oxygens (including phenoxy) is 3. The van der Waals surface area contributed by atoms with Crippen LogP contribution >= 0.6 is 0 Å². The second kappa shape index (κ2) is 8.08. The highest BCUT2D eigenvalue weighted by Gasteiger charge is 2.05. The maximum Gasteiger partial charge on any atom is 0.338 e. The van der Waals surface area contributed by atoms with Crippen molar-refractivity contribution in [1.82, 2.24) is 0 Å². The maximum absolute atomic E-state index is 11.6. The molecule has 0 aliphatic rings. The zero-order chi connectivity index (χ0) is 15.8. The summed E-state index contributed by atoms with van der Waals surface area (Å²) in [7, 11) is 0. The van der Waals surface area contributed by atoms with Crippen LogP contribution in [0.1, 0.15) is 29.8 Å². The maximum atomic E-state index is 11.6. The van der Waals surface area contributed by atoms with Gasteiger partial charge >= 0.3 is 5.97 Å². The van der Waals surface area contributed by atoms with Crippen molar-refractivity contribution in [1.29, 1.82) is 0 Å². The van der Waals surface area contributed by atoms with E-state index in [2.05, 4.69) is 0 Å². The Labute approximate surface area is 130 Å². The molecule has 0 saturated heterocycles. The molecule has 0 spiro atoms. The van der Waals surface area contributed by atoms with Gasteiger partial charge in [0.15, 0.2) is 0 Å². The largest absolute Gasteiger partial charge is 0.494 e. The fourth-order valence-electron chi connectivity index (χ4n) is 1.92. The first-order chi connectivity index (χ1) is 10.7. The molecular formula is C18H20O4. The van der Waals surface area contributed by atoms with Gasteiger partial charge in [-0.2, -0.15) is 0 Å². The van der Waals surface area contributed by atoms with Crippen molar-refractivity contribution < 1.29 is 19.0 Å². The minimum atomic E-state index is -0.304. The molecule has 0 aromatic heterocycles. The molecule has 22 heavy (non-hydrogen) atoms. The quantitative estimate of drug-likeness (QED) is 0.729. The summed E-state index contributed by atoms with van der Waals surface area (Å²) in [5.74, 6) is 1.30. The molecule has 0 atom stereocenters. The van der Waals surface area contributed by atoms with Gasteiger partial charge in [-0.3, -0.25) is 0 Å². The Hall–Kier alpha value is -2.49. The molecule has 116 valence electrons. The number of benzene rings is 2. The molecular weight excluding hydrogens is 280 g/mol. The SMILES string of the molecule is CCOC(=O)c1ccc(COc2ccc(OCC)cc2)cc1. The van der Waals surface area contributed by atoms with Gasteiger partial charge in [-0.05, 0) is 55.8 Å². The molecule has 0 saturated carbocycles. The van der Waals surface area contributed by atoms with E-state index in [0.29, 0.717) is 25.4 Å². The summed E-state index contributed by atoms with van der Waals surface area (Å²) in [6, 6.07) is 14.7. The van der Waals surface area contributed by atoms with Crippen molar-refractivity contribution in [3.8, 4) is 11.5 Å². The van der Waals surface area contributed by atoms with Crippen molar-refractivity contribution >= 4 is 5.97 Å². The van der Waals surface area contributed by atoms with Crippen molar-refractivity contribution in [2.24, 2.45) is 0 Å². The molecule has 0 fully saturated rings. The molecule has 0 N–H and O–H groups in total. The van der Waals surface area contributed by atoms with E-state index in [-0.39, 0.29) is 5.97 Å². The van der Waals surface area contributed by atoms with Crippen molar-refractivity contribution in [2.45, 2.75) is 20.5 Å². The molecule has 0 radical (unpaired) electrons. The van der Waals surface area contributed by atoms with E-state index in [1.54, 1.807) is 19.1 Å². The first-order valence-corrected chi connectivity index (χ1v) is 7.34. The Kier molecular flexibility index (Phi) is 5.83. The zero-order valence-electron chi connectivity index (χ0n) is 12.9. The van der Waals surface area contributed by atoms with E-state index in [1.807, 2.05) is 43.3 Å². The lowest BCUT2D eigenvalue weighted by Gasteiger charge is -2.08. The monoisotopic (exact) mass is 300 g/mol. The van der Waals surface area contributed by atoms with Gasteiger partial charge in [-0.1, -0.05) is 12.1 Å². The highest BCUT2D eigenvalue weighted by molar-refractivity contribution is 5.89. The fourth-order valence-corrected chi connectivity index (χ4v) is 1.92. The van der Waals surface area contributed by atoms with Crippen molar-refractivity contribution in [3.63, 3.8) is 0 Å². The summed E-state index contributed by atoms with van der Waals surface area (Å²) < 4.78 is 16.0. The summed E-state index contributed by atoms with van der Waals surface area (Å²) in [5.41, 5.74) is 1.54. The third-order valence-corrected chi connectivity index (χ3v) is 3.01. The van der Waals surface area contributed by atoms with Gasteiger partial charge in [0.25, 0.3) is 0 Å². The Morgan fingerprint density at radius 2 is 1.41 bits per heavy atom. The van der Waals surface area contributed by atoms with E-state index in [0.717, 1.165) is 17.1 Å². The van der Waals surface area contributed by atoms with E-state index in [4.69, 9.17) is 14.2 Å². The predicted molar refractivity (Wildman–Crippen MR) is 84.3 cm³/mol. The number of hydrogen-bond acceptors (Lipinski definition) is 4. The van der Waals surface area contributed by atoms with Crippen LogP contribution in [0, 0.1) is 0 Å². The summed E-state index contributed by atoms with van der Waals surface area (Å²) in [5, 5.41) is 0. The highest BCUT2D eigenvalue weighted by Crippen LogP contribution is 2.18. The number of esters is 1. The Balaban J connectivity index is 1.89. The Bertz CT molecular complexity index is 587. The van der Waals surface area contributed by atoms with E-state index < -0.39 is 0 Å². The third kappa shape index (κ3) is 4.52. The summed E-state index contributed by atoms with van der Waals surface area (Å²) >= 11 is 0. The van der Waals surface area contributed by atoms with Crippen LogP contribution in [0.15, 0.2) is 48.5 Å². The summed E-state index contributed by atoms with van der Waals surface area (Å²) in [6.07, 6.45) is 0. The third-order valence-electron chi connectivity index (χ3n) is 3.01. The smallest absolute Gasteiger partial charge is 0.338 e. The normalized spacial score (nSPS) is 10.1. The Morgan fingerprint density at radius 3 is 1.95 bits per heavy atom. The summed E-state index contributed by atoms with van der Waals surface area (Å²) in [4.78, 5) is 11.6. The molecule has 0 aliphatic carbocycles. The summed E-state index contributed by atoms with van der Waals surface area (Å²) in [6.45, 7) is 5.20. The molecule has 0 heterocycles. The molecule has 0 bridgehead atoms. The van der Waals surface area contributed by atoms with Crippen LogP contribution in [-0.2, 0) is 11.3 Å². The van der Waals surface area contributed by atoms with E-state index in [9.17, 15) is 4.79 Å². The lowest BCUT2D eigenvalue weighted by Crippen LogP contribution is -2.04. The van der Waals surface area contributed by atoms with Gasteiger partial charge in [0.2, 0.25) is 0 Å². The predicted octanol–water partition coefficient (Wildman–Crippen LogP) is 3.84. The van der Waals surface area contributed by atoms with Gasteiger partial charge in [0, 0.05) is 0 Å². The molecule has 0 amide bonds. The molecule has 2 aromatic carbocycles. The second-order valence-corrected chi connectivity index (χ2v) is 4.61. The van der Waals surface area contributed by atoms with Gasteiger partial charge in [-0.25, -0.2) is 4.79 Å². The van der Waals surface area contributed by atoms with Crippen LogP contribution in [0.4, 0.5) is 0 Å². The van der Waals surface area contributed by atoms with Crippen LogP contribution in [0.2, 0.25) is 0 Å². The standard InChI is InChI=1S/C18H20O4/c1-3-20-16-9-11-17(12-10-16)22-13-14-5-7-15(8-6-14)18(19)21-4-2/h5-12H,3-4,13H2,1-2H3.